The van der Waals surface area contributed by atoms with E-state index in [4.69, 9.17) is 4.74 Å². The van der Waals surface area contributed by atoms with Crippen molar-refractivity contribution in [1.82, 2.24) is 0 Å². The largest absolute Gasteiger partial charge is 0.462 e. The number of ether oxygens (including phenoxy) is 1. The zero-order valence-electron chi connectivity index (χ0n) is 35.3. The van der Waals surface area contributed by atoms with Gasteiger partial charge in [0.05, 0.1) is 0 Å². The second-order valence-electron chi connectivity index (χ2n) is 19.3. The number of carbonyl (C=O) groups excluding carboxylic acids is 1. The molecule has 2 nitrogen and oxygen atoms in total. The van der Waals surface area contributed by atoms with Crippen molar-refractivity contribution in [1.29, 1.82) is 0 Å². The first kappa shape index (κ1) is 54.3. The summed E-state index contributed by atoms with van der Waals surface area (Å²) >= 11 is 0. The summed E-state index contributed by atoms with van der Waals surface area (Å²) in [6.07, 6.45) is -3.27. The van der Waals surface area contributed by atoms with E-state index in [2.05, 4.69) is 40.7 Å². The fourth-order valence-corrected chi connectivity index (χ4v) is 11.2. The van der Waals surface area contributed by atoms with Gasteiger partial charge in [0, 0.05) is 19.3 Å². The predicted molar refractivity (Wildman–Crippen MR) is 187 cm³/mol. The fraction of sp³-hybridized carbons (Fsp3) is 0.927. The Balaban J connectivity index is 1.40. The third-order valence-corrected chi connectivity index (χ3v) is 15.0. The SMILES string of the molecule is CC(C)CCCC(C)C1CCC2C3CC=C4CC(OC(=O)CCCC(F)(F)C(F)(F)C(F)(F)C(F)(F)C(F)(F)C(F)(F)C(F)(F)C(F)(F)C(F)(F)C(F)(F)F)CCC4(C)C3CCC12C. The van der Waals surface area contributed by atoms with E-state index in [0.717, 1.165) is 50.5 Å². The molecule has 0 heterocycles. The molecule has 0 saturated heterocycles. The highest BCUT2D eigenvalue weighted by molar-refractivity contribution is 5.69. The van der Waals surface area contributed by atoms with Gasteiger partial charge in [-0.05, 0) is 97.7 Å². The van der Waals surface area contributed by atoms with E-state index in [1.54, 1.807) is 0 Å². The van der Waals surface area contributed by atoms with Crippen molar-refractivity contribution in [2.75, 3.05) is 0 Å². The van der Waals surface area contributed by atoms with Gasteiger partial charge in [0.25, 0.3) is 0 Å². The van der Waals surface area contributed by atoms with Gasteiger partial charge in [-0.3, -0.25) is 4.79 Å². The van der Waals surface area contributed by atoms with Crippen LogP contribution in [0.25, 0.3) is 0 Å². The van der Waals surface area contributed by atoms with Crippen LogP contribution in [-0.2, 0) is 9.53 Å². The Bertz CT molecular complexity index is 1700. The minimum Gasteiger partial charge on any atom is -0.462 e. The molecule has 8 atom stereocenters. The smallest absolute Gasteiger partial charge is 0.460 e. The summed E-state index contributed by atoms with van der Waals surface area (Å²) < 4.78 is 294. The van der Waals surface area contributed by atoms with Crippen molar-refractivity contribution < 1.29 is 102 Å². The molecule has 0 aromatic rings. The van der Waals surface area contributed by atoms with Crippen LogP contribution in [0.2, 0.25) is 0 Å². The van der Waals surface area contributed by atoms with E-state index in [0.29, 0.717) is 41.9 Å². The maximum absolute atomic E-state index is 14.5. The van der Waals surface area contributed by atoms with Crippen molar-refractivity contribution in [3.8, 4) is 0 Å². The molecule has 0 bridgehead atoms. The summed E-state index contributed by atoms with van der Waals surface area (Å²) in [5, 5.41) is 0. The Morgan fingerprint density at radius 2 is 1.12 bits per heavy atom. The minimum atomic E-state index is -9.21. The lowest BCUT2D eigenvalue weighted by Crippen LogP contribution is -2.76. The quantitative estimate of drug-likeness (QED) is 0.0777. The normalized spacial score (nSPS) is 29.8. The minimum absolute atomic E-state index is 0.174. The van der Waals surface area contributed by atoms with Gasteiger partial charge in [0.2, 0.25) is 0 Å². The van der Waals surface area contributed by atoms with E-state index in [1.165, 1.54) is 6.42 Å². The molecule has 0 aliphatic heterocycles. The first-order valence-corrected chi connectivity index (χ1v) is 20.9. The average Bonchev–Trinajstić information content (AvgIpc) is 3.51. The molecule has 0 aromatic heterocycles. The summed E-state index contributed by atoms with van der Waals surface area (Å²) in [6.45, 7) is 11.2. The van der Waals surface area contributed by atoms with E-state index < -0.39 is 90.8 Å². The van der Waals surface area contributed by atoms with Gasteiger partial charge in [-0.15, -0.1) is 0 Å². The van der Waals surface area contributed by atoms with E-state index in [1.807, 2.05) is 0 Å². The number of esters is 1. The number of halogens is 21. The molecule has 0 amide bonds. The maximum atomic E-state index is 14.5. The molecule has 3 saturated carbocycles. The molecule has 4 aliphatic rings. The second-order valence-corrected chi connectivity index (χ2v) is 19.3. The fourth-order valence-electron chi connectivity index (χ4n) is 11.2. The van der Waals surface area contributed by atoms with Crippen LogP contribution >= 0.6 is 0 Å². The first-order chi connectivity index (χ1) is 28.6. The Kier molecular flexibility index (Phi) is 14.5. The monoisotopic (exact) mass is 974 g/mol. The van der Waals surface area contributed by atoms with Crippen LogP contribution in [0, 0.1) is 46.3 Å². The van der Waals surface area contributed by atoms with Crippen LogP contribution in [0.1, 0.15) is 125 Å². The van der Waals surface area contributed by atoms with Crippen molar-refractivity contribution in [3.05, 3.63) is 11.6 Å². The van der Waals surface area contributed by atoms with Crippen molar-refractivity contribution in [2.24, 2.45) is 46.3 Å². The molecule has 4 rings (SSSR count). The number of fused-ring (bicyclic) bond motifs is 5. The Morgan fingerprint density at radius 3 is 1.62 bits per heavy atom. The molecular weight excluding hydrogens is 923 g/mol. The molecule has 64 heavy (non-hydrogen) atoms. The number of rotatable bonds is 18. The Hall–Kier alpha value is -2.26. The summed E-state index contributed by atoms with van der Waals surface area (Å²) in [4.78, 5) is 12.6. The van der Waals surface area contributed by atoms with Crippen molar-refractivity contribution in [3.63, 3.8) is 0 Å². The molecule has 374 valence electrons. The van der Waals surface area contributed by atoms with Gasteiger partial charge in [0.1, 0.15) is 6.10 Å². The zero-order valence-corrected chi connectivity index (χ0v) is 35.3. The van der Waals surface area contributed by atoms with Crippen LogP contribution in [0.3, 0.4) is 0 Å². The molecule has 0 aromatic carbocycles. The highest BCUT2D eigenvalue weighted by Gasteiger charge is 2.97. The van der Waals surface area contributed by atoms with Crippen molar-refractivity contribution >= 4 is 5.97 Å². The second kappa shape index (κ2) is 17.1. The van der Waals surface area contributed by atoms with Gasteiger partial charge in [-0.1, -0.05) is 65.5 Å². The molecule has 0 spiro atoms. The number of hydrogen-bond acceptors (Lipinski definition) is 2. The van der Waals surface area contributed by atoms with Crippen LogP contribution in [0.5, 0.6) is 0 Å². The topological polar surface area (TPSA) is 26.3 Å². The molecule has 0 N–H and O–H groups in total. The predicted octanol–water partition coefficient (Wildman–Crippen LogP) is 15.4. The van der Waals surface area contributed by atoms with Gasteiger partial charge < -0.3 is 4.74 Å². The molecule has 23 heteroatoms. The zero-order chi connectivity index (χ0) is 49.5. The summed E-state index contributed by atoms with van der Waals surface area (Å²) in [5.41, 5.74) is 0.846. The summed E-state index contributed by atoms with van der Waals surface area (Å²) in [5.74, 6) is -75.7. The molecule has 0 radical (unpaired) electrons. The van der Waals surface area contributed by atoms with Crippen LogP contribution < -0.4 is 0 Å². The van der Waals surface area contributed by atoms with Crippen LogP contribution in [0.15, 0.2) is 11.6 Å². The van der Waals surface area contributed by atoms with Gasteiger partial charge in [-0.2, -0.15) is 92.2 Å². The van der Waals surface area contributed by atoms with Crippen LogP contribution in [-0.4, -0.2) is 71.6 Å². The number of allylic oxidation sites excluding steroid dienone is 1. The first-order valence-electron chi connectivity index (χ1n) is 20.9. The number of hydrogen-bond donors (Lipinski definition) is 0. The highest BCUT2D eigenvalue weighted by Crippen LogP contribution is 2.69. The number of alkyl halides is 21. The van der Waals surface area contributed by atoms with Gasteiger partial charge >= 0.3 is 65.4 Å². The van der Waals surface area contributed by atoms with E-state index in [9.17, 15) is 97.0 Å². The molecule has 8 unspecified atom stereocenters. The average molecular weight is 975 g/mol. The lowest BCUT2D eigenvalue weighted by Gasteiger charge is -2.58. The van der Waals surface area contributed by atoms with Gasteiger partial charge in [0.15, 0.2) is 0 Å². The van der Waals surface area contributed by atoms with Crippen molar-refractivity contribution in [2.45, 2.75) is 190 Å². The Labute approximate surface area is 355 Å². The Morgan fingerprint density at radius 1 is 0.625 bits per heavy atom. The third-order valence-electron chi connectivity index (χ3n) is 15.0. The molecular formula is C41H51F21O2. The lowest BCUT2D eigenvalue weighted by molar-refractivity contribution is -0.474. The highest BCUT2D eigenvalue weighted by atomic mass is 19.4. The van der Waals surface area contributed by atoms with E-state index >= 15 is 0 Å². The third kappa shape index (κ3) is 8.28. The maximum Gasteiger partial charge on any atom is 0.460 e. The summed E-state index contributed by atoms with van der Waals surface area (Å²) in [7, 11) is 0. The molecule has 4 aliphatic carbocycles. The number of carbonyl (C=O) groups is 1. The lowest BCUT2D eigenvalue weighted by atomic mass is 9.47. The standard InChI is InChI=1S/C41H51F21O2/c1-21(2)8-6-9-22(3)26-13-14-27-25-12-11-23-20-24(15-18-30(23,4)28(25)16-19-31(26,27)5)64-29(63)10-7-17-32(42,43)33(44,45)34(46,47)35(48,49)36(50,51)37(52,53)38(54,55)39(56,57)40(58,59)41(60,61)62/h11,21-22,24-28H,6-10,12-20H2,1-5H3. The van der Waals surface area contributed by atoms with E-state index in [-0.39, 0.29) is 23.7 Å². The molecule has 3 fully saturated rings. The van der Waals surface area contributed by atoms with Gasteiger partial charge in [-0.25, -0.2) is 0 Å². The van der Waals surface area contributed by atoms with Crippen LogP contribution in [0.4, 0.5) is 92.2 Å². The summed E-state index contributed by atoms with van der Waals surface area (Å²) in [6, 6.07) is 0.